The molecule has 0 aromatic heterocycles. The Bertz CT molecular complexity index is 41.6. The Hall–Kier alpha value is 0.0900. The molecule has 0 radical (unpaired) electrons. The zero-order valence-electron chi connectivity index (χ0n) is 3.52. The molecule has 0 aliphatic rings. The van der Waals surface area contributed by atoms with Gasteiger partial charge in [-0.25, -0.2) is 0 Å². The lowest BCUT2D eigenvalue weighted by Crippen LogP contribution is -1.45. The summed E-state index contributed by atoms with van der Waals surface area (Å²) in [6.07, 6.45) is 1.95. The van der Waals surface area contributed by atoms with Crippen LogP contribution in [0.1, 0.15) is 13.8 Å². The molecule has 0 aliphatic carbocycles. The van der Waals surface area contributed by atoms with Crippen molar-refractivity contribution in [1.29, 1.82) is 0 Å². The van der Waals surface area contributed by atoms with Gasteiger partial charge >= 0.3 is 0 Å². The first-order chi connectivity index (χ1) is 2.27. The quantitative estimate of drug-likeness (QED) is 0.429. The van der Waals surface area contributed by atoms with Crippen LogP contribution in [0.4, 0.5) is 0 Å². The summed E-state index contributed by atoms with van der Waals surface area (Å²) in [4.78, 5) is 1.07. The van der Waals surface area contributed by atoms with Crippen molar-refractivity contribution in [1.82, 2.24) is 0 Å². The molecule has 0 saturated carbocycles. The lowest BCUT2D eigenvalue weighted by Gasteiger charge is -1.73. The van der Waals surface area contributed by atoms with Gasteiger partial charge in [-0.2, -0.15) is 0 Å². The topological polar surface area (TPSA) is 0 Å². The molecule has 0 bridgehead atoms. The van der Waals surface area contributed by atoms with Crippen LogP contribution in [0.15, 0.2) is 11.0 Å². The highest BCUT2D eigenvalue weighted by atomic mass is 32.1. The van der Waals surface area contributed by atoms with E-state index in [1.165, 1.54) is 0 Å². The fourth-order valence-corrected chi connectivity index (χ4v) is 0. The molecule has 5 heavy (non-hydrogen) atoms. The van der Waals surface area contributed by atoms with Crippen molar-refractivity contribution in [2.75, 3.05) is 0 Å². The average molecular weight is 88.2 g/mol. The Balaban J connectivity index is 3.14. The van der Waals surface area contributed by atoms with Crippen LogP contribution in [0.3, 0.4) is 0 Å². The highest BCUT2D eigenvalue weighted by Gasteiger charge is 1.61. The van der Waals surface area contributed by atoms with Crippen molar-refractivity contribution in [3.8, 4) is 0 Å². The maximum Gasteiger partial charge on any atom is -0.0258 e. The first-order valence-corrected chi connectivity index (χ1v) is 2.04. The van der Waals surface area contributed by atoms with Crippen LogP contribution in [0, 0.1) is 0 Å². The normalized spacial score (nSPS) is 12.2. The van der Waals surface area contributed by atoms with E-state index in [0.717, 1.165) is 4.91 Å². The molecule has 0 aliphatic heterocycles. The van der Waals surface area contributed by atoms with Crippen LogP contribution in [0.25, 0.3) is 0 Å². The van der Waals surface area contributed by atoms with Gasteiger partial charge in [-0.3, -0.25) is 0 Å². The predicted molar refractivity (Wildman–Crippen MR) is 28.4 cm³/mol. The predicted octanol–water partition coefficient (Wildman–Crippen LogP) is 1.84. The Morgan fingerprint density at radius 1 is 1.80 bits per heavy atom. The van der Waals surface area contributed by atoms with E-state index >= 15 is 0 Å². The number of allylic oxidation sites excluding steroid dienone is 2. The molecule has 0 atom stereocenters. The minimum Gasteiger partial charge on any atom is -0.149 e. The van der Waals surface area contributed by atoms with E-state index in [9.17, 15) is 0 Å². The summed E-state index contributed by atoms with van der Waals surface area (Å²) in [5.41, 5.74) is 0. The largest absolute Gasteiger partial charge is 0.149 e. The summed E-state index contributed by atoms with van der Waals surface area (Å²) < 4.78 is 0. The molecule has 0 amide bonds. The second kappa shape index (κ2) is 2.33. The van der Waals surface area contributed by atoms with E-state index < -0.39 is 0 Å². The number of rotatable bonds is 0. The van der Waals surface area contributed by atoms with Crippen LogP contribution in [0.5, 0.6) is 0 Å². The van der Waals surface area contributed by atoms with Crippen molar-refractivity contribution in [2.45, 2.75) is 13.8 Å². The Kier molecular flexibility index (Phi) is 2.38. The first-order valence-electron chi connectivity index (χ1n) is 1.59. The highest BCUT2D eigenvalue weighted by Crippen LogP contribution is 1.92. The third-order valence-corrected chi connectivity index (χ3v) is 0.676. The van der Waals surface area contributed by atoms with Crippen molar-refractivity contribution >= 4 is 12.6 Å². The van der Waals surface area contributed by atoms with Crippen molar-refractivity contribution in [3.05, 3.63) is 11.0 Å². The molecule has 0 spiro atoms. The molecule has 0 saturated heterocycles. The molecule has 0 rings (SSSR count). The van der Waals surface area contributed by atoms with E-state index in [1.54, 1.807) is 0 Å². The Labute approximate surface area is 38.3 Å². The number of hydrogen-bond donors (Lipinski definition) is 1. The summed E-state index contributed by atoms with van der Waals surface area (Å²) in [5, 5.41) is 0. The minimum atomic E-state index is 1.07. The van der Waals surface area contributed by atoms with E-state index in [2.05, 4.69) is 12.6 Å². The average Bonchev–Trinajstić information content (AvgIpc) is 1.38. The summed E-state index contributed by atoms with van der Waals surface area (Å²) in [6.45, 7) is 3.91. The van der Waals surface area contributed by atoms with Gasteiger partial charge in [0.25, 0.3) is 0 Å². The van der Waals surface area contributed by atoms with Gasteiger partial charge in [-0.15, -0.1) is 12.6 Å². The Morgan fingerprint density at radius 3 is 2.00 bits per heavy atom. The molecule has 0 heterocycles. The second-order valence-corrected chi connectivity index (χ2v) is 1.64. The molecular formula is C4H8S. The maximum atomic E-state index is 3.96. The van der Waals surface area contributed by atoms with Gasteiger partial charge in [-0.05, 0) is 18.8 Å². The second-order valence-electron chi connectivity index (χ2n) is 0.930. The van der Waals surface area contributed by atoms with E-state index in [0.29, 0.717) is 0 Å². The molecule has 0 unspecified atom stereocenters. The van der Waals surface area contributed by atoms with Crippen LogP contribution >= 0.6 is 12.6 Å². The SMILES string of the molecule is CC=C(C)S. The van der Waals surface area contributed by atoms with Gasteiger partial charge in [0.1, 0.15) is 0 Å². The number of thiol groups is 1. The summed E-state index contributed by atoms with van der Waals surface area (Å²) in [5.74, 6) is 0. The molecule has 0 N–H and O–H groups in total. The van der Waals surface area contributed by atoms with E-state index in [4.69, 9.17) is 0 Å². The van der Waals surface area contributed by atoms with Crippen LogP contribution < -0.4 is 0 Å². The molecule has 1 heteroatoms. The van der Waals surface area contributed by atoms with Crippen LogP contribution in [-0.2, 0) is 0 Å². The van der Waals surface area contributed by atoms with Gasteiger partial charge < -0.3 is 0 Å². The molecule has 0 nitrogen and oxygen atoms in total. The fraction of sp³-hybridized carbons (Fsp3) is 0.500. The van der Waals surface area contributed by atoms with Crippen molar-refractivity contribution in [3.63, 3.8) is 0 Å². The summed E-state index contributed by atoms with van der Waals surface area (Å²) in [6, 6.07) is 0. The maximum absolute atomic E-state index is 3.96. The molecule has 0 fully saturated rings. The minimum absolute atomic E-state index is 1.07. The third kappa shape index (κ3) is 4.09. The fourth-order valence-electron chi connectivity index (χ4n) is 0. The van der Waals surface area contributed by atoms with Crippen LogP contribution in [0.2, 0.25) is 0 Å². The van der Waals surface area contributed by atoms with Gasteiger partial charge in [0.15, 0.2) is 0 Å². The molecule has 30 valence electrons. The van der Waals surface area contributed by atoms with E-state index in [1.807, 2.05) is 19.9 Å². The summed E-state index contributed by atoms with van der Waals surface area (Å²) >= 11 is 3.96. The zero-order valence-corrected chi connectivity index (χ0v) is 4.42. The summed E-state index contributed by atoms with van der Waals surface area (Å²) in [7, 11) is 0. The van der Waals surface area contributed by atoms with Crippen LogP contribution in [-0.4, -0.2) is 0 Å². The molecule has 0 aromatic carbocycles. The monoisotopic (exact) mass is 88.0 g/mol. The zero-order chi connectivity index (χ0) is 4.28. The van der Waals surface area contributed by atoms with Gasteiger partial charge in [0.05, 0.1) is 0 Å². The van der Waals surface area contributed by atoms with E-state index in [-0.39, 0.29) is 0 Å². The van der Waals surface area contributed by atoms with Gasteiger partial charge in [0, 0.05) is 0 Å². The standard InChI is InChI=1S/C4H8S/c1-3-4(2)5/h3,5H,1-2H3. The Morgan fingerprint density at radius 2 is 2.00 bits per heavy atom. The van der Waals surface area contributed by atoms with Crippen molar-refractivity contribution in [2.24, 2.45) is 0 Å². The molecule has 0 aromatic rings. The van der Waals surface area contributed by atoms with Gasteiger partial charge in [-0.1, -0.05) is 6.08 Å². The first kappa shape index (κ1) is 5.09. The highest BCUT2D eigenvalue weighted by molar-refractivity contribution is 7.84. The molecular weight excluding hydrogens is 80.1 g/mol. The third-order valence-electron chi connectivity index (χ3n) is 0.418. The lowest BCUT2D eigenvalue weighted by molar-refractivity contribution is 1.61. The number of hydrogen-bond acceptors (Lipinski definition) is 1. The van der Waals surface area contributed by atoms with Gasteiger partial charge in [0.2, 0.25) is 0 Å². The lowest BCUT2D eigenvalue weighted by atomic mass is 10.6. The van der Waals surface area contributed by atoms with Crippen molar-refractivity contribution < 1.29 is 0 Å². The smallest absolute Gasteiger partial charge is 0.0258 e.